The number of carboxylic acid groups (broad SMARTS) is 1. The third-order valence-corrected chi connectivity index (χ3v) is 5.44. The van der Waals surface area contributed by atoms with E-state index in [1.165, 1.54) is 16.2 Å². The van der Waals surface area contributed by atoms with Gasteiger partial charge in [0.15, 0.2) is 0 Å². The van der Waals surface area contributed by atoms with Crippen molar-refractivity contribution in [3.63, 3.8) is 0 Å². The van der Waals surface area contributed by atoms with E-state index in [4.69, 9.17) is 11.6 Å². The summed E-state index contributed by atoms with van der Waals surface area (Å²) in [7, 11) is 0. The largest absolute Gasteiger partial charge is 0.480 e. The summed E-state index contributed by atoms with van der Waals surface area (Å²) in [5, 5.41) is 12.3. The van der Waals surface area contributed by atoms with Crippen molar-refractivity contribution in [2.24, 2.45) is 5.92 Å². The molecule has 0 radical (unpaired) electrons. The highest BCUT2D eigenvalue weighted by molar-refractivity contribution is 7.13. The minimum absolute atomic E-state index is 0.274. The molecule has 1 aliphatic rings. The van der Waals surface area contributed by atoms with Crippen molar-refractivity contribution < 1.29 is 14.7 Å². The average molecular weight is 365 g/mol. The topological polar surface area (TPSA) is 70.5 Å². The summed E-state index contributed by atoms with van der Waals surface area (Å²) in [6.07, 6.45) is 1.28. The SMILES string of the molecule is CC1CCN(C(=O)c2csc(-c3ccccc3Cl)n2)C(C(=O)O)C1. The fourth-order valence-electron chi connectivity index (χ4n) is 2.90. The average Bonchev–Trinajstić information content (AvgIpc) is 3.04. The van der Waals surface area contributed by atoms with Crippen LogP contribution in [0.4, 0.5) is 0 Å². The quantitative estimate of drug-likeness (QED) is 0.899. The van der Waals surface area contributed by atoms with Gasteiger partial charge in [0.05, 0.1) is 5.02 Å². The Bertz CT molecular complexity index is 777. The highest BCUT2D eigenvalue weighted by Gasteiger charge is 2.36. The molecule has 2 aromatic rings. The van der Waals surface area contributed by atoms with E-state index in [0.29, 0.717) is 28.9 Å². The maximum absolute atomic E-state index is 12.7. The van der Waals surface area contributed by atoms with Crippen LogP contribution >= 0.6 is 22.9 Å². The second-order valence-electron chi connectivity index (χ2n) is 6.00. The van der Waals surface area contributed by atoms with Gasteiger partial charge in [0.1, 0.15) is 16.7 Å². The van der Waals surface area contributed by atoms with Crippen LogP contribution in [-0.4, -0.2) is 39.5 Å². The predicted octanol–water partition coefficient (Wildman–Crippen LogP) is 3.79. The number of piperidine rings is 1. The Morgan fingerprint density at radius 3 is 2.83 bits per heavy atom. The third-order valence-electron chi connectivity index (χ3n) is 4.24. The summed E-state index contributed by atoms with van der Waals surface area (Å²) in [4.78, 5) is 30.0. The smallest absolute Gasteiger partial charge is 0.326 e. The molecule has 126 valence electrons. The van der Waals surface area contributed by atoms with Crippen molar-refractivity contribution >= 4 is 34.8 Å². The fraction of sp³-hybridized carbons (Fsp3) is 0.353. The zero-order valence-corrected chi connectivity index (χ0v) is 14.7. The Hall–Kier alpha value is -1.92. The zero-order valence-electron chi connectivity index (χ0n) is 13.1. The first-order chi connectivity index (χ1) is 11.5. The van der Waals surface area contributed by atoms with Crippen LogP contribution in [-0.2, 0) is 4.79 Å². The zero-order chi connectivity index (χ0) is 17.3. The number of aliphatic carboxylic acids is 1. The molecule has 1 N–H and O–H groups in total. The standard InChI is InChI=1S/C17H17ClN2O3S/c1-10-6-7-20(14(8-10)17(22)23)16(21)13-9-24-15(19-13)11-4-2-3-5-12(11)18/h2-5,9-10,14H,6-8H2,1H3,(H,22,23). The predicted molar refractivity (Wildman–Crippen MR) is 93.4 cm³/mol. The van der Waals surface area contributed by atoms with Gasteiger partial charge < -0.3 is 10.0 Å². The molecule has 0 aliphatic carbocycles. The first kappa shape index (κ1) is 16.9. The summed E-state index contributed by atoms with van der Waals surface area (Å²) in [5.74, 6) is -0.996. The maximum Gasteiger partial charge on any atom is 0.326 e. The van der Waals surface area contributed by atoms with Crippen LogP contribution in [0.2, 0.25) is 5.02 Å². The summed E-state index contributed by atoms with van der Waals surface area (Å²) in [6, 6.07) is 6.52. The van der Waals surface area contributed by atoms with Crippen molar-refractivity contribution in [2.75, 3.05) is 6.54 Å². The van der Waals surface area contributed by atoms with Crippen molar-refractivity contribution in [1.29, 1.82) is 0 Å². The first-order valence-corrected chi connectivity index (χ1v) is 8.97. The number of nitrogens with zero attached hydrogens (tertiary/aromatic N) is 2. The van der Waals surface area contributed by atoms with Crippen molar-refractivity contribution in [3.05, 3.63) is 40.4 Å². The first-order valence-electron chi connectivity index (χ1n) is 7.71. The van der Waals surface area contributed by atoms with E-state index in [1.54, 1.807) is 11.4 Å². The molecule has 0 bridgehead atoms. The van der Waals surface area contributed by atoms with Gasteiger partial charge in [-0.3, -0.25) is 4.79 Å². The highest BCUT2D eigenvalue weighted by atomic mass is 35.5. The number of amides is 1. The van der Waals surface area contributed by atoms with Gasteiger partial charge in [-0.25, -0.2) is 9.78 Å². The van der Waals surface area contributed by atoms with Crippen LogP contribution in [0.3, 0.4) is 0 Å². The van der Waals surface area contributed by atoms with Gasteiger partial charge in [0, 0.05) is 17.5 Å². The molecule has 1 aromatic heterocycles. The van der Waals surface area contributed by atoms with Crippen molar-refractivity contribution in [3.8, 4) is 10.6 Å². The number of likely N-dealkylation sites (tertiary alicyclic amines) is 1. The van der Waals surface area contributed by atoms with E-state index in [-0.39, 0.29) is 11.6 Å². The molecule has 2 heterocycles. The molecule has 24 heavy (non-hydrogen) atoms. The summed E-state index contributed by atoms with van der Waals surface area (Å²) in [5.41, 5.74) is 1.04. The van der Waals surface area contributed by atoms with E-state index in [0.717, 1.165) is 12.0 Å². The number of carboxylic acids is 1. The monoisotopic (exact) mass is 364 g/mol. The summed E-state index contributed by atoms with van der Waals surface area (Å²) >= 11 is 7.50. The molecule has 1 aliphatic heterocycles. The normalized spacial score (nSPS) is 20.8. The number of rotatable bonds is 3. The number of carbonyl (C=O) groups excluding carboxylic acids is 1. The van der Waals surface area contributed by atoms with Gasteiger partial charge in [-0.15, -0.1) is 11.3 Å². The molecule has 0 saturated carbocycles. The van der Waals surface area contributed by atoms with E-state index in [9.17, 15) is 14.7 Å². The van der Waals surface area contributed by atoms with Gasteiger partial charge in [-0.2, -0.15) is 0 Å². The van der Waals surface area contributed by atoms with Gasteiger partial charge >= 0.3 is 5.97 Å². The molecule has 0 spiro atoms. The van der Waals surface area contributed by atoms with Gasteiger partial charge in [0.2, 0.25) is 0 Å². The Morgan fingerprint density at radius 1 is 1.38 bits per heavy atom. The molecule has 3 rings (SSSR count). The lowest BCUT2D eigenvalue weighted by atomic mass is 9.92. The number of thiazole rings is 1. The van der Waals surface area contributed by atoms with E-state index < -0.39 is 12.0 Å². The molecule has 1 amide bonds. The number of hydrogen-bond donors (Lipinski definition) is 1. The molecular formula is C17H17ClN2O3S. The second kappa shape index (κ2) is 6.91. The van der Waals surface area contributed by atoms with Crippen LogP contribution in [0.15, 0.2) is 29.6 Å². The van der Waals surface area contributed by atoms with Crippen LogP contribution < -0.4 is 0 Å². The Morgan fingerprint density at radius 2 is 2.12 bits per heavy atom. The number of carbonyl (C=O) groups is 2. The molecule has 2 atom stereocenters. The molecule has 1 fully saturated rings. The second-order valence-corrected chi connectivity index (χ2v) is 7.27. The lowest BCUT2D eigenvalue weighted by molar-refractivity contribution is -0.144. The van der Waals surface area contributed by atoms with E-state index in [1.807, 2.05) is 25.1 Å². The van der Waals surface area contributed by atoms with Crippen LogP contribution in [0.5, 0.6) is 0 Å². The lowest BCUT2D eigenvalue weighted by Gasteiger charge is -2.35. The lowest BCUT2D eigenvalue weighted by Crippen LogP contribution is -2.49. The summed E-state index contributed by atoms with van der Waals surface area (Å²) in [6.45, 7) is 2.45. The maximum atomic E-state index is 12.7. The minimum Gasteiger partial charge on any atom is -0.480 e. The number of benzene rings is 1. The van der Waals surface area contributed by atoms with E-state index >= 15 is 0 Å². The number of hydrogen-bond acceptors (Lipinski definition) is 4. The van der Waals surface area contributed by atoms with Crippen LogP contribution in [0.1, 0.15) is 30.3 Å². The van der Waals surface area contributed by atoms with Crippen molar-refractivity contribution in [2.45, 2.75) is 25.8 Å². The Kier molecular flexibility index (Phi) is 4.87. The molecule has 2 unspecified atom stereocenters. The fourth-order valence-corrected chi connectivity index (χ4v) is 4.01. The molecule has 1 aromatic carbocycles. The third kappa shape index (κ3) is 3.30. The van der Waals surface area contributed by atoms with Crippen LogP contribution in [0.25, 0.3) is 10.6 Å². The number of aromatic nitrogens is 1. The molecule has 1 saturated heterocycles. The Balaban J connectivity index is 1.85. The Labute approximate surface area is 148 Å². The van der Waals surface area contributed by atoms with Gasteiger partial charge in [-0.05, 0) is 24.8 Å². The van der Waals surface area contributed by atoms with E-state index in [2.05, 4.69) is 4.98 Å². The van der Waals surface area contributed by atoms with Crippen LogP contribution in [0, 0.1) is 5.92 Å². The number of halogens is 1. The van der Waals surface area contributed by atoms with Gasteiger partial charge in [-0.1, -0.05) is 36.7 Å². The van der Waals surface area contributed by atoms with Gasteiger partial charge in [0.25, 0.3) is 5.91 Å². The highest BCUT2D eigenvalue weighted by Crippen LogP contribution is 2.31. The molecule has 5 nitrogen and oxygen atoms in total. The molecular weight excluding hydrogens is 348 g/mol. The molecule has 7 heteroatoms. The summed E-state index contributed by atoms with van der Waals surface area (Å²) < 4.78 is 0. The minimum atomic E-state index is -0.962. The van der Waals surface area contributed by atoms with Crippen molar-refractivity contribution in [1.82, 2.24) is 9.88 Å².